The molecule has 0 radical (unpaired) electrons. The minimum atomic E-state index is -3.20. The summed E-state index contributed by atoms with van der Waals surface area (Å²) in [5.41, 5.74) is 1.80. The van der Waals surface area contributed by atoms with Crippen LogP contribution in [0.5, 0.6) is 0 Å². The number of nitrogens with one attached hydrogen (secondary N) is 2. The molecule has 2 heterocycles. The topological polar surface area (TPSA) is 88.4 Å². The Morgan fingerprint density at radius 1 is 1.39 bits per heavy atom. The van der Waals surface area contributed by atoms with Gasteiger partial charge in [-0.15, -0.1) is 5.10 Å². The van der Waals surface area contributed by atoms with Gasteiger partial charge in [-0.05, 0) is 25.6 Å². The maximum Gasteiger partial charge on any atom is 0.243 e. The molecule has 18 heavy (non-hydrogen) atoms. The zero-order valence-corrected chi connectivity index (χ0v) is 11.0. The first-order chi connectivity index (χ1) is 8.50. The van der Waals surface area contributed by atoms with Crippen molar-refractivity contribution in [2.24, 2.45) is 0 Å². The molecule has 0 fully saturated rings. The van der Waals surface area contributed by atoms with E-state index in [1.807, 2.05) is 25.3 Å². The quantitative estimate of drug-likeness (QED) is 0.797. The van der Waals surface area contributed by atoms with Crippen molar-refractivity contribution in [1.29, 1.82) is 0 Å². The molecule has 0 unspecified atom stereocenters. The number of hydrogen-bond acceptors (Lipinski definition) is 5. The molecule has 0 spiro atoms. The first-order valence-electron chi connectivity index (χ1n) is 5.48. The average molecular weight is 269 g/mol. The Labute approximate surface area is 105 Å². The highest BCUT2D eigenvalue weighted by molar-refractivity contribution is 7.89. The number of rotatable bonds is 5. The summed E-state index contributed by atoms with van der Waals surface area (Å²) in [4.78, 5) is 4.22. The molecule has 0 aromatic carbocycles. The lowest BCUT2D eigenvalue weighted by molar-refractivity contribution is 0.588. The van der Waals surface area contributed by atoms with Gasteiger partial charge in [0, 0.05) is 12.7 Å². The smallest absolute Gasteiger partial charge is 0.243 e. The van der Waals surface area contributed by atoms with Crippen LogP contribution in [0.2, 0.25) is 0 Å². The lowest BCUT2D eigenvalue weighted by atomic mass is 10.3. The Morgan fingerprint density at radius 3 is 2.89 bits per heavy atom. The highest BCUT2D eigenvalue weighted by Crippen LogP contribution is 2.06. The molecule has 0 aliphatic rings. The summed E-state index contributed by atoms with van der Waals surface area (Å²) in [6, 6.07) is 3.80. The van der Waals surface area contributed by atoms with Gasteiger partial charge < -0.3 is 5.32 Å². The van der Waals surface area contributed by atoms with E-state index in [0.29, 0.717) is 5.95 Å². The molecule has 2 aromatic heterocycles. The molecular formula is C10H15N5O2S. The summed E-state index contributed by atoms with van der Waals surface area (Å²) in [6.07, 6.45) is 1.86. The number of anilines is 1. The monoisotopic (exact) mass is 269 g/mol. The first kappa shape index (κ1) is 12.8. The molecule has 0 aliphatic heterocycles. The van der Waals surface area contributed by atoms with Crippen molar-refractivity contribution in [3.63, 3.8) is 0 Å². The van der Waals surface area contributed by atoms with E-state index >= 15 is 0 Å². The molecule has 8 heteroatoms. The molecule has 98 valence electrons. The van der Waals surface area contributed by atoms with Crippen LogP contribution in [0.1, 0.15) is 5.56 Å². The Balaban J connectivity index is 2.04. The summed E-state index contributed by atoms with van der Waals surface area (Å²) in [5.74, 6) is 0.407. The van der Waals surface area contributed by atoms with Crippen LogP contribution in [0.3, 0.4) is 0 Å². The number of aryl methyl sites for hydroxylation is 1. The van der Waals surface area contributed by atoms with Gasteiger partial charge in [-0.25, -0.2) is 17.7 Å². The van der Waals surface area contributed by atoms with Crippen LogP contribution in [0, 0.1) is 6.92 Å². The van der Waals surface area contributed by atoms with E-state index in [1.54, 1.807) is 4.52 Å². The Hall–Kier alpha value is -1.67. The highest BCUT2D eigenvalue weighted by Gasteiger charge is 2.07. The van der Waals surface area contributed by atoms with Crippen molar-refractivity contribution in [1.82, 2.24) is 19.3 Å². The van der Waals surface area contributed by atoms with E-state index in [1.165, 1.54) is 7.05 Å². The Kier molecular flexibility index (Phi) is 3.48. The van der Waals surface area contributed by atoms with Crippen molar-refractivity contribution < 1.29 is 8.42 Å². The van der Waals surface area contributed by atoms with Crippen LogP contribution in [-0.4, -0.2) is 42.4 Å². The van der Waals surface area contributed by atoms with Gasteiger partial charge >= 0.3 is 0 Å². The van der Waals surface area contributed by atoms with Crippen LogP contribution >= 0.6 is 0 Å². The van der Waals surface area contributed by atoms with Gasteiger partial charge in [-0.1, -0.05) is 6.07 Å². The molecule has 0 amide bonds. The first-order valence-corrected chi connectivity index (χ1v) is 7.13. The minimum absolute atomic E-state index is 0.0158. The van der Waals surface area contributed by atoms with Gasteiger partial charge in [0.2, 0.25) is 16.0 Å². The fraction of sp³-hybridized carbons (Fsp3) is 0.400. The molecular weight excluding hydrogens is 254 g/mol. The number of sulfonamides is 1. The van der Waals surface area contributed by atoms with Crippen LogP contribution in [0.15, 0.2) is 18.3 Å². The van der Waals surface area contributed by atoms with Gasteiger partial charge in [-0.2, -0.15) is 4.98 Å². The summed E-state index contributed by atoms with van der Waals surface area (Å²) < 4.78 is 26.3. The van der Waals surface area contributed by atoms with Gasteiger partial charge in [-0.3, -0.25) is 0 Å². The highest BCUT2D eigenvalue weighted by atomic mass is 32.2. The van der Waals surface area contributed by atoms with Crippen molar-refractivity contribution in [2.75, 3.05) is 24.7 Å². The van der Waals surface area contributed by atoms with E-state index < -0.39 is 10.0 Å². The number of hydrogen-bond donors (Lipinski definition) is 2. The molecule has 0 saturated carbocycles. The normalized spacial score (nSPS) is 11.9. The zero-order chi connectivity index (χ0) is 13.2. The van der Waals surface area contributed by atoms with E-state index in [-0.39, 0.29) is 12.3 Å². The molecule has 2 N–H and O–H groups in total. The van der Waals surface area contributed by atoms with Crippen LogP contribution in [0.25, 0.3) is 5.65 Å². The fourth-order valence-corrected chi connectivity index (χ4v) is 2.03. The summed E-state index contributed by atoms with van der Waals surface area (Å²) >= 11 is 0. The molecule has 0 aliphatic carbocycles. The molecule has 2 rings (SSSR count). The Morgan fingerprint density at radius 2 is 2.17 bits per heavy atom. The third-order valence-electron chi connectivity index (χ3n) is 2.44. The minimum Gasteiger partial charge on any atom is -0.352 e. The second-order valence-corrected chi connectivity index (χ2v) is 5.94. The fourth-order valence-electron chi connectivity index (χ4n) is 1.46. The summed E-state index contributed by atoms with van der Waals surface area (Å²) in [6.45, 7) is 2.23. The number of fused-ring (bicyclic) bond motifs is 1. The van der Waals surface area contributed by atoms with E-state index in [9.17, 15) is 8.42 Å². The van der Waals surface area contributed by atoms with E-state index in [2.05, 4.69) is 20.1 Å². The standard InChI is InChI=1S/C10H15N5O2S/c1-8-3-4-9-13-10(14-15(9)7-8)12-5-6-18(16,17)11-2/h3-4,7,11H,5-6H2,1-2H3,(H,12,14). The maximum atomic E-state index is 11.2. The lowest BCUT2D eigenvalue weighted by Gasteiger charge is -2.02. The predicted octanol–water partition coefficient (Wildman–Crippen LogP) is -0.00118. The van der Waals surface area contributed by atoms with Gasteiger partial charge in [0.1, 0.15) is 0 Å². The maximum absolute atomic E-state index is 11.2. The number of aromatic nitrogens is 3. The molecule has 0 atom stereocenters. The Bertz CT molecular complexity index is 649. The second-order valence-electron chi connectivity index (χ2n) is 3.89. The zero-order valence-electron chi connectivity index (χ0n) is 10.2. The van der Waals surface area contributed by atoms with E-state index in [4.69, 9.17) is 0 Å². The summed E-state index contributed by atoms with van der Waals surface area (Å²) in [7, 11) is -1.81. The number of pyridine rings is 1. The van der Waals surface area contributed by atoms with Crippen molar-refractivity contribution in [2.45, 2.75) is 6.92 Å². The average Bonchev–Trinajstić information content (AvgIpc) is 2.70. The predicted molar refractivity (Wildman–Crippen MR) is 69.1 cm³/mol. The third kappa shape index (κ3) is 2.96. The summed E-state index contributed by atoms with van der Waals surface area (Å²) in [5, 5.41) is 7.08. The van der Waals surface area contributed by atoms with Gasteiger partial charge in [0.25, 0.3) is 0 Å². The molecule has 0 saturated heterocycles. The van der Waals surface area contributed by atoms with Crippen molar-refractivity contribution >= 4 is 21.6 Å². The van der Waals surface area contributed by atoms with Gasteiger partial charge in [0.15, 0.2) is 5.65 Å². The lowest BCUT2D eigenvalue weighted by Crippen LogP contribution is -2.26. The van der Waals surface area contributed by atoms with Crippen LogP contribution in [0.4, 0.5) is 5.95 Å². The molecule has 2 aromatic rings. The van der Waals surface area contributed by atoms with Crippen LogP contribution in [-0.2, 0) is 10.0 Å². The number of nitrogens with zero attached hydrogens (tertiary/aromatic N) is 3. The van der Waals surface area contributed by atoms with Gasteiger partial charge in [0.05, 0.1) is 5.75 Å². The largest absolute Gasteiger partial charge is 0.352 e. The SMILES string of the molecule is CNS(=O)(=O)CCNc1nc2ccc(C)cn2n1. The second kappa shape index (κ2) is 4.91. The van der Waals surface area contributed by atoms with E-state index in [0.717, 1.165) is 11.2 Å². The third-order valence-corrected chi connectivity index (χ3v) is 3.81. The van der Waals surface area contributed by atoms with Crippen LogP contribution < -0.4 is 10.0 Å². The van der Waals surface area contributed by atoms with Crippen molar-refractivity contribution in [3.8, 4) is 0 Å². The molecule has 0 bridgehead atoms. The molecule has 7 nitrogen and oxygen atoms in total. The van der Waals surface area contributed by atoms with Crippen molar-refractivity contribution in [3.05, 3.63) is 23.9 Å².